The first-order valence-corrected chi connectivity index (χ1v) is 8.17. The lowest BCUT2D eigenvalue weighted by atomic mass is 10.1. The van der Waals surface area contributed by atoms with Crippen LogP contribution in [-0.4, -0.2) is 40.4 Å². The number of aromatic nitrogens is 2. The number of anilines is 1. The number of nitrogens with one attached hydrogen (secondary N) is 1. The first kappa shape index (κ1) is 17.8. The van der Waals surface area contributed by atoms with E-state index in [0.717, 1.165) is 0 Å². The SMILES string of the molecule is CCN(CC)C(=O)c1cc(C)nc(NCCc2ccccc2F)n1. The van der Waals surface area contributed by atoms with Crippen molar-refractivity contribution in [3.63, 3.8) is 0 Å². The second-order valence-corrected chi connectivity index (χ2v) is 5.46. The van der Waals surface area contributed by atoms with E-state index in [2.05, 4.69) is 15.3 Å². The molecule has 24 heavy (non-hydrogen) atoms. The predicted octanol–water partition coefficient (Wildman–Crippen LogP) is 3.06. The highest BCUT2D eigenvalue weighted by Gasteiger charge is 2.15. The lowest BCUT2D eigenvalue weighted by Gasteiger charge is -2.18. The largest absolute Gasteiger partial charge is 0.354 e. The van der Waals surface area contributed by atoms with Crippen molar-refractivity contribution in [2.75, 3.05) is 25.0 Å². The van der Waals surface area contributed by atoms with Crippen molar-refractivity contribution in [3.8, 4) is 0 Å². The molecule has 1 amide bonds. The van der Waals surface area contributed by atoms with E-state index in [1.165, 1.54) is 6.07 Å². The Bertz CT molecular complexity index is 701. The number of aryl methyl sites for hydroxylation is 1. The molecule has 0 atom stereocenters. The molecule has 0 spiro atoms. The van der Waals surface area contributed by atoms with Gasteiger partial charge >= 0.3 is 0 Å². The number of amides is 1. The maximum Gasteiger partial charge on any atom is 0.272 e. The third-order valence-electron chi connectivity index (χ3n) is 3.76. The van der Waals surface area contributed by atoms with Gasteiger partial charge in [-0.05, 0) is 44.9 Å². The predicted molar refractivity (Wildman–Crippen MR) is 92.6 cm³/mol. The van der Waals surface area contributed by atoms with Crippen molar-refractivity contribution >= 4 is 11.9 Å². The molecule has 0 aliphatic heterocycles. The summed E-state index contributed by atoms with van der Waals surface area (Å²) in [5.74, 6) is 0.0614. The van der Waals surface area contributed by atoms with E-state index in [1.807, 2.05) is 26.8 Å². The Labute approximate surface area is 141 Å². The number of benzene rings is 1. The fraction of sp³-hybridized carbons (Fsp3) is 0.389. The smallest absolute Gasteiger partial charge is 0.272 e. The van der Waals surface area contributed by atoms with Gasteiger partial charge in [-0.1, -0.05) is 18.2 Å². The van der Waals surface area contributed by atoms with Gasteiger partial charge in [-0.25, -0.2) is 14.4 Å². The molecule has 1 N–H and O–H groups in total. The molecule has 1 heterocycles. The molecule has 0 saturated carbocycles. The highest BCUT2D eigenvalue weighted by molar-refractivity contribution is 5.92. The van der Waals surface area contributed by atoms with E-state index < -0.39 is 0 Å². The van der Waals surface area contributed by atoms with Crippen molar-refractivity contribution in [1.29, 1.82) is 0 Å². The van der Waals surface area contributed by atoms with Crippen LogP contribution in [0.15, 0.2) is 30.3 Å². The molecule has 2 aromatic rings. The zero-order valence-corrected chi connectivity index (χ0v) is 14.3. The Morgan fingerprint density at radius 3 is 2.58 bits per heavy atom. The quantitative estimate of drug-likeness (QED) is 0.848. The second kappa shape index (κ2) is 8.38. The molecule has 5 nitrogen and oxygen atoms in total. The van der Waals surface area contributed by atoms with Crippen LogP contribution in [0.5, 0.6) is 0 Å². The highest BCUT2D eigenvalue weighted by atomic mass is 19.1. The number of nitrogens with zero attached hydrogens (tertiary/aromatic N) is 3. The van der Waals surface area contributed by atoms with Gasteiger partial charge < -0.3 is 10.2 Å². The van der Waals surface area contributed by atoms with Crippen molar-refractivity contribution in [1.82, 2.24) is 14.9 Å². The van der Waals surface area contributed by atoms with E-state index >= 15 is 0 Å². The fourth-order valence-corrected chi connectivity index (χ4v) is 2.44. The lowest BCUT2D eigenvalue weighted by Crippen LogP contribution is -2.31. The number of carbonyl (C=O) groups is 1. The summed E-state index contributed by atoms with van der Waals surface area (Å²) >= 11 is 0. The summed E-state index contributed by atoms with van der Waals surface area (Å²) in [7, 11) is 0. The Hall–Kier alpha value is -2.50. The zero-order valence-electron chi connectivity index (χ0n) is 14.3. The average Bonchev–Trinajstić information content (AvgIpc) is 2.57. The average molecular weight is 330 g/mol. The first-order valence-electron chi connectivity index (χ1n) is 8.17. The molecule has 0 unspecified atom stereocenters. The lowest BCUT2D eigenvalue weighted by molar-refractivity contribution is 0.0767. The van der Waals surface area contributed by atoms with Gasteiger partial charge in [0.05, 0.1) is 0 Å². The minimum Gasteiger partial charge on any atom is -0.354 e. The van der Waals surface area contributed by atoms with Crippen LogP contribution >= 0.6 is 0 Å². The number of halogens is 1. The molecule has 6 heteroatoms. The van der Waals surface area contributed by atoms with Crippen LogP contribution in [0.1, 0.15) is 35.6 Å². The van der Waals surface area contributed by atoms with Gasteiger partial charge in [-0.2, -0.15) is 0 Å². The molecule has 0 aliphatic rings. The number of carbonyl (C=O) groups excluding carboxylic acids is 1. The van der Waals surface area contributed by atoms with Crippen LogP contribution in [0.4, 0.5) is 10.3 Å². The fourth-order valence-electron chi connectivity index (χ4n) is 2.44. The van der Waals surface area contributed by atoms with Crippen LogP contribution in [-0.2, 0) is 6.42 Å². The van der Waals surface area contributed by atoms with Crippen molar-refractivity contribution in [2.24, 2.45) is 0 Å². The van der Waals surface area contributed by atoms with Gasteiger partial charge in [0, 0.05) is 25.3 Å². The summed E-state index contributed by atoms with van der Waals surface area (Å²) in [5.41, 5.74) is 1.73. The zero-order chi connectivity index (χ0) is 17.5. The molecule has 0 saturated heterocycles. The van der Waals surface area contributed by atoms with Crippen LogP contribution in [0.25, 0.3) is 0 Å². The molecular formula is C18H23FN4O. The Kier molecular flexibility index (Phi) is 6.23. The number of rotatable bonds is 7. The first-order chi connectivity index (χ1) is 11.5. The summed E-state index contributed by atoms with van der Waals surface area (Å²) in [6.45, 7) is 7.45. The minimum atomic E-state index is -0.220. The Balaban J connectivity index is 2.06. The summed E-state index contributed by atoms with van der Waals surface area (Å²) in [6, 6.07) is 8.36. The van der Waals surface area contributed by atoms with Gasteiger partial charge in [0.25, 0.3) is 5.91 Å². The highest BCUT2D eigenvalue weighted by Crippen LogP contribution is 2.10. The summed E-state index contributed by atoms with van der Waals surface area (Å²) in [4.78, 5) is 22.7. The second-order valence-electron chi connectivity index (χ2n) is 5.46. The van der Waals surface area contributed by atoms with Crippen molar-refractivity contribution in [3.05, 3.63) is 53.1 Å². The third-order valence-corrected chi connectivity index (χ3v) is 3.76. The molecular weight excluding hydrogens is 307 g/mol. The van der Waals surface area contributed by atoms with Gasteiger partial charge in [0.15, 0.2) is 0 Å². The third kappa shape index (κ3) is 4.50. The molecule has 128 valence electrons. The number of hydrogen-bond acceptors (Lipinski definition) is 4. The summed E-state index contributed by atoms with van der Waals surface area (Å²) < 4.78 is 13.6. The number of hydrogen-bond donors (Lipinski definition) is 1. The molecule has 0 radical (unpaired) electrons. The van der Waals surface area contributed by atoms with Crippen LogP contribution in [0.3, 0.4) is 0 Å². The molecule has 2 rings (SSSR count). The van der Waals surface area contributed by atoms with E-state index in [4.69, 9.17) is 0 Å². The molecule has 0 fully saturated rings. The monoisotopic (exact) mass is 330 g/mol. The Morgan fingerprint density at radius 2 is 1.92 bits per heavy atom. The molecule has 1 aromatic heterocycles. The Morgan fingerprint density at radius 1 is 1.21 bits per heavy atom. The van der Waals surface area contributed by atoms with Gasteiger partial charge in [0.1, 0.15) is 11.5 Å². The van der Waals surface area contributed by atoms with Crippen molar-refractivity contribution < 1.29 is 9.18 Å². The standard InChI is InChI=1S/C18H23FN4O/c1-4-23(5-2)17(24)16-12-13(3)21-18(22-16)20-11-10-14-8-6-7-9-15(14)19/h6-9,12H,4-5,10-11H2,1-3H3,(H,20,21,22). The molecule has 0 bridgehead atoms. The van der Waals surface area contributed by atoms with E-state index in [-0.39, 0.29) is 11.7 Å². The summed E-state index contributed by atoms with van der Waals surface area (Å²) in [5, 5.41) is 3.07. The van der Waals surface area contributed by atoms with E-state index in [1.54, 1.807) is 23.1 Å². The molecule has 0 aliphatic carbocycles. The van der Waals surface area contributed by atoms with Gasteiger partial charge in [0.2, 0.25) is 5.95 Å². The van der Waals surface area contributed by atoms with Gasteiger partial charge in [-0.3, -0.25) is 4.79 Å². The normalized spacial score (nSPS) is 10.5. The van der Waals surface area contributed by atoms with Crippen LogP contribution < -0.4 is 5.32 Å². The van der Waals surface area contributed by atoms with Crippen molar-refractivity contribution in [2.45, 2.75) is 27.2 Å². The van der Waals surface area contributed by atoms with E-state index in [9.17, 15) is 9.18 Å². The van der Waals surface area contributed by atoms with Crippen LogP contribution in [0.2, 0.25) is 0 Å². The maximum absolute atomic E-state index is 13.6. The minimum absolute atomic E-state index is 0.109. The summed E-state index contributed by atoms with van der Waals surface area (Å²) in [6.07, 6.45) is 0.517. The maximum atomic E-state index is 13.6. The van der Waals surface area contributed by atoms with E-state index in [0.29, 0.717) is 49.0 Å². The van der Waals surface area contributed by atoms with Crippen LogP contribution in [0, 0.1) is 12.7 Å². The topological polar surface area (TPSA) is 58.1 Å². The molecule has 1 aromatic carbocycles. The van der Waals surface area contributed by atoms with Gasteiger partial charge in [-0.15, -0.1) is 0 Å².